The van der Waals surface area contributed by atoms with Crippen LogP contribution >= 0.6 is 0 Å². The maximum atomic E-state index is 8.92. The van der Waals surface area contributed by atoms with Crippen molar-refractivity contribution in [3.63, 3.8) is 0 Å². The van der Waals surface area contributed by atoms with E-state index in [-0.39, 0.29) is 5.54 Å². The van der Waals surface area contributed by atoms with Crippen LogP contribution in [-0.4, -0.2) is 24.5 Å². The number of fused-ring (bicyclic) bond motifs is 1. The first-order valence-corrected chi connectivity index (χ1v) is 9.68. The van der Waals surface area contributed by atoms with Crippen LogP contribution in [0.1, 0.15) is 37.8 Å². The highest BCUT2D eigenvalue weighted by Gasteiger charge is 2.40. The minimum Gasteiger partial charge on any atom is -0.371 e. The molecule has 0 aliphatic carbocycles. The molecule has 5 heteroatoms. The summed E-state index contributed by atoms with van der Waals surface area (Å²) in [6, 6.07) is 18.1. The Hall–Kier alpha value is -2.84. The highest BCUT2D eigenvalue weighted by molar-refractivity contribution is 6.09. The van der Waals surface area contributed by atoms with E-state index in [0.717, 1.165) is 48.7 Å². The molecular weight excluding hydrogens is 334 g/mol. The fourth-order valence-corrected chi connectivity index (χ4v) is 3.53. The van der Waals surface area contributed by atoms with Gasteiger partial charge in [-0.05, 0) is 55.8 Å². The van der Waals surface area contributed by atoms with Gasteiger partial charge in [0, 0.05) is 0 Å². The van der Waals surface area contributed by atoms with E-state index in [0.29, 0.717) is 12.1 Å². The van der Waals surface area contributed by atoms with Crippen LogP contribution in [0.4, 0.5) is 11.4 Å². The Morgan fingerprint density at radius 2 is 1.67 bits per heavy atom. The number of benzene rings is 2. The molecular formula is C22H27N5. The maximum Gasteiger partial charge on any atom is 0.127 e. The highest BCUT2D eigenvalue weighted by atomic mass is 15.2. The minimum atomic E-state index is -0.133. The molecule has 0 aromatic heterocycles. The van der Waals surface area contributed by atoms with Gasteiger partial charge in [-0.15, -0.1) is 0 Å². The number of hydrogen-bond donors (Lipinski definition) is 3. The first-order chi connectivity index (χ1) is 13.3. The molecule has 1 fully saturated rings. The topological polar surface area (TPSA) is 72.2 Å². The zero-order chi connectivity index (χ0) is 19.1. The van der Waals surface area contributed by atoms with Crippen LogP contribution in [0.2, 0.25) is 0 Å². The van der Waals surface area contributed by atoms with Crippen LogP contribution < -0.4 is 16.0 Å². The van der Waals surface area contributed by atoms with E-state index in [9.17, 15) is 0 Å². The van der Waals surface area contributed by atoms with Crippen molar-refractivity contribution in [3.05, 3.63) is 59.7 Å². The van der Waals surface area contributed by atoms with Crippen LogP contribution in [0.15, 0.2) is 53.5 Å². The van der Waals surface area contributed by atoms with Crippen LogP contribution in [0.25, 0.3) is 0 Å². The van der Waals surface area contributed by atoms with Gasteiger partial charge >= 0.3 is 0 Å². The smallest absolute Gasteiger partial charge is 0.127 e. The van der Waals surface area contributed by atoms with Crippen LogP contribution in [-0.2, 0) is 6.54 Å². The maximum absolute atomic E-state index is 8.92. The Bertz CT molecular complexity index is 827. The van der Waals surface area contributed by atoms with Gasteiger partial charge in [0.1, 0.15) is 5.84 Å². The Kier molecular flexibility index (Phi) is 6.10. The highest BCUT2D eigenvalue weighted by Crippen LogP contribution is 2.35. The summed E-state index contributed by atoms with van der Waals surface area (Å²) in [6.07, 6.45) is 2.00. The number of nitrogens with one attached hydrogen (secondary N) is 3. The molecule has 5 nitrogen and oxygen atoms in total. The molecule has 4 rings (SSSR count). The van der Waals surface area contributed by atoms with Crippen molar-refractivity contribution in [1.82, 2.24) is 5.32 Å². The fraction of sp³-hybridized carbons (Fsp3) is 0.364. The molecule has 1 spiro atoms. The Balaban J connectivity index is 0.00000102. The van der Waals surface area contributed by atoms with Gasteiger partial charge in [0.05, 0.1) is 35.1 Å². The van der Waals surface area contributed by atoms with Crippen molar-refractivity contribution >= 4 is 17.2 Å². The Labute approximate surface area is 161 Å². The summed E-state index contributed by atoms with van der Waals surface area (Å²) in [6.45, 7) is 6.56. The van der Waals surface area contributed by atoms with Crippen LogP contribution in [0, 0.1) is 11.3 Å². The summed E-state index contributed by atoms with van der Waals surface area (Å²) >= 11 is 0. The second-order valence-electron chi connectivity index (χ2n) is 6.60. The second kappa shape index (κ2) is 8.70. The molecule has 27 heavy (non-hydrogen) atoms. The number of anilines is 2. The average molecular weight is 361 g/mol. The molecule has 2 aromatic carbocycles. The molecule has 2 aliphatic heterocycles. The first kappa shape index (κ1) is 18.9. The Morgan fingerprint density at radius 3 is 2.33 bits per heavy atom. The van der Waals surface area contributed by atoms with E-state index < -0.39 is 0 Å². The van der Waals surface area contributed by atoms with Crippen molar-refractivity contribution in [2.45, 2.75) is 38.8 Å². The van der Waals surface area contributed by atoms with Crippen molar-refractivity contribution in [2.75, 3.05) is 23.7 Å². The lowest BCUT2D eigenvalue weighted by atomic mass is 9.84. The number of hydrogen-bond acceptors (Lipinski definition) is 4. The molecule has 2 aromatic rings. The molecule has 0 radical (unpaired) electrons. The lowest BCUT2D eigenvalue weighted by Crippen LogP contribution is -2.57. The van der Waals surface area contributed by atoms with Crippen molar-refractivity contribution in [2.24, 2.45) is 4.99 Å². The van der Waals surface area contributed by atoms with Crippen molar-refractivity contribution in [1.29, 1.82) is 5.26 Å². The van der Waals surface area contributed by atoms with E-state index in [1.807, 2.05) is 44.2 Å². The predicted octanol–water partition coefficient (Wildman–Crippen LogP) is 4.14. The summed E-state index contributed by atoms with van der Waals surface area (Å²) < 4.78 is 0. The van der Waals surface area contributed by atoms with Gasteiger partial charge in [-0.3, -0.25) is 4.99 Å². The van der Waals surface area contributed by atoms with Gasteiger partial charge in [-0.2, -0.15) is 5.26 Å². The normalized spacial score (nSPS) is 18.3. The molecule has 0 atom stereocenters. The zero-order valence-electron chi connectivity index (χ0n) is 16.0. The number of nitriles is 1. The Morgan fingerprint density at radius 1 is 1.00 bits per heavy atom. The fourth-order valence-electron chi connectivity index (χ4n) is 3.53. The zero-order valence-corrected chi connectivity index (χ0v) is 16.0. The van der Waals surface area contributed by atoms with E-state index in [1.54, 1.807) is 0 Å². The van der Waals surface area contributed by atoms with Gasteiger partial charge < -0.3 is 16.0 Å². The third kappa shape index (κ3) is 4.12. The van der Waals surface area contributed by atoms with Crippen LogP contribution in [0.3, 0.4) is 0 Å². The largest absolute Gasteiger partial charge is 0.371 e. The summed E-state index contributed by atoms with van der Waals surface area (Å²) in [5.41, 5.74) is 3.87. The summed E-state index contributed by atoms with van der Waals surface area (Å²) in [5.74, 6) is 1.01. The standard InChI is InChI=1S/C20H21N5.C2H6/c21-13-15-5-7-16(8-6-15)14-23-19-20(9-11-22-12-10-20)25-18-4-2-1-3-17(18)24-19;1-2/h1-8,22,25H,9-12,14H2,(H,23,24);1-2H3. The van der Waals surface area contributed by atoms with Crippen molar-refractivity contribution in [3.8, 4) is 6.07 Å². The van der Waals surface area contributed by atoms with E-state index in [2.05, 4.69) is 40.2 Å². The molecule has 0 unspecified atom stereocenters. The third-order valence-corrected chi connectivity index (χ3v) is 4.97. The molecule has 0 saturated carbocycles. The molecule has 2 aliphatic rings. The lowest BCUT2D eigenvalue weighted by Gasteiger charge is -2.44. The molecule has 140 valence electrons. The molecule has 0 amide bonds. The van der Waals surface area contributed by atoms with Gasteiger partial charge in [-0.25, -0.2) is 0 Å². The quantitative estimate of drug-likeness (QED) is 0.752. The van der Waals surface area contributed by atoms with Gasteiger partial charge in [-0.1, -0.05) is 38.1 Å². The second-order valence-corrected chi connectivity index (χ2v) is 6.60. The lowest BCUT2D eigenvalue weighted by molar-refractivity contribution is 0.419. The summed E-state index contributed by atoms with van der Waals surface area (Å²) in [5, 5.41) is 19.7. The SMILES string of the molecule is CC.N#Cc1ccc(CN=C2Nc3ccccc3NC23CCNCC3)cc1. The van der Waals surface area contributed by atoms with E-state index in [4.69, 9.17) is 10.3 Å². The average Bonchev–Trinajstić information content (AvgIpc) is 2.74. The molecule has 2 heterocycles. The third-order valence-electron chi connectivity index (χ3n) is 4.97. The monoisotopic (exact) mass is 361 g/mol. The molecule has 1 saturated heterocycles. The first-order valence-electron chi connectivity index (χ1n) is 9.68. The number of rotatable bonds is 2. The number of nitrogens with zero attached hydrogens (tertiary/aromatic N) is 2. The predicted molar refractivity (Wildman–Crippen MR) is 112 cm³/mol. The van der Waals surface area contributed by atoms with Crippen LogP contribution in [0.5, 0.6) is 0 Å². The van der Waals surface area contributed by atoms with E-state index in [1.165, 1.54) is 0 Å². The number of amidine groups is 1. The van der Waals surface area contributed by atoms with Gasteiger partial charge in [0.25, 0.3) is 0 Å². The summed E-state index contributed by atoms with van der Waals surface area (Å²) in [4.78, 5) is 4.92. The van der Waals surface area contributed by atoms with E-state index >= 15 is 0 Å². The van der Waals surface area contributed by atoms with Gasteiger partial charge in [0.15, 0.2) is 0 Å². The molecule has 3 N–H and O–H groups in total. The molecule has 0 bridgehead atoms. The van der Waals surface area contributed by atoms with Gasteiger partial charge in [0.2, 0.25) is 0 Å². The number of piperidine rings is 1. The minimum absolute atomic E-state index is 0.133. The summed E-state index contributed by atoms with van der Waals surface area (Å²) in [7, 11) is 0. The number of para-hydroxylation sites is 2. The van der Waals surface area contributed by atoms with Crippen molar-refractivity contribution < 1.29 is 0 Å². The number of aliphatic imine (C=N–C) groups is 1.